The average molecular weight is 246 g/mol. The van der Waals surface area contributed by atoms with Crippen LogP contribution in [0.3, 0.4) is 0 Å². The summed E-state index contributed by atoms with van der Waals surface area (Å²) in [6.45, 7) is 5.87. The predicted octanol–water partition coefficient (Wildman–Crippen LogP) is 2.62. The quantitative estimate of drug-likeness (QED) is 0.879. The van der Waals surface area contributed by atoms with Crippen molar-refractivity contribution in [3.05, 3.63) is 24.3 Å². The zero-order valence-electron chi connectivity index (χ0n) is 11.0. The van der Waals surface area contributed by atoms with Crippen LogP contribution < -0.4 is 10.2 Å². The van der Waals surface area contributed by atoms with Gasteiger partial charge in [0.05, 0.1) is 5.56 Å². The van der Waals surface area contributed by atoms with Crippen LogP contribution in [0.15, 0.2) is 28.8 Å². The van der Waals surface area contributed by atoms with Crippen LogP contribution in [0.5, 0.6) is 0 Å². The second kappa shape index (κ2) is 5.53. The maximum Gasteiger partial charge on any atom is 0.266 e. The van der Waals surface area contributed by atoms with Gasteiger partial charge in [-0.3, -0.25) is 0 Å². The third-order valence-corrected chi connectivity index (χ3v) is 2.89. The molecular formula is C13H18N4O. The zero-order valence-corrected chi connectivity index (χ0v) is 11.0. The Morgan fingerprint density at radius 1 is 1.22 bits per heavy atom. The molecule has 0 radical (unpaired) electrons. The SMILES string of the molecule is CCN(CC)c1noc(-c2ccccc2NC)n1. The monoisotopic (exact) mass is 246 g/mol. The van der Waals surface area contributed by atoms with E-state index in [1.807, 2.05) is 31.3 Å². The van der Waals surface area contributed by atoms with Gasteiger partial charge < -0.3 is 14.7 Å². The molecule has 0 unspecified atom stereocenters. The lowest BCUT2D eigenvalue weighted by atomic mass is 10.2. The van der Waals surface area contributed by atoms with E-state index in [0.717, 1.165) is 24.3 Å². The molecular weight excluding hydrogens is 228 g/mol. The Bertz CT molecular complexity index is 505. The van der Waals surface area contributed by atoms with Gasteiger partial charge in [0.2, 0.25) is 0 Å². The summed E-state index contributed by atoms with van der Waals surface area (Å²) in [6, 6.07) is 7.87. The topological polar surface area (TPSA) is 54.2 Å². The Morgan fingerprint density at radius 3 is 2.61 bits per heavy atom. The van der Waals surface area contributed by atoms with Crippen LogP contribution in [0.4, 0.5) is 11.6 Å². The molecule has 0 fully saturated rings. The van der Waals surface area contributed by atoms with Gasteiger partial charge in [-0.15, -0.1) is 0 Å². The number of para-hydroxylation sites is 1. The highest BCUT2D eigenvalue weighted by atomic mass is 16.5. The Kier molecular flexibility index (Phi) is 3.82. The standard InChI is InChI=1S/C13H18N4O/c1-4-17(5-2)13-15-12(18-16-13)10-8-6-7-9-11(10)14-3/h6-9,14H,4-5H2,1-3H3. The van der Waals surface area contributed by atoms with Gasteiger partial charge in [-0.2, -0.15) is 4.98 Å². The van der Waals surface area contributed by atoms with Gasteiger partial charge in [-0.05, 0) is 31.1 Å². The summed E-state index contributed by atoms with van der Waals surface area (Å²) in [6.07, 6.45) is 0. The van der Waals surface area contributed by atoms with Crippen LogP contribution >= 0.6 is 0 Å². The molecule has 0 saturated heterocycles. The lowest BCUT2D eigenvalue weighted by Gasteiger charge is -2.14. The lowest BCUT2D eigenvalue weighted by Crippen LogP contribution is -2.22. The normalized spacial score (nSPS) is 10.4. The zero-order chi connectivity index (χ0) is 13.0. The highest BCUT2D eigenvalue weighted by Gasteiger charge is 2.14. The highest BCUT2D eigenvalue weighted by Crippen LogP contribution is 2.27. The van der Waals surface area contributed by atoms with Crippen LogP contribution in [0.2, 0.25) is 0 Å². The summed E-state index contributed by atoms with van der Waals surface area (Å²) in [7, 11) is 1.88. The van der Waals surface area contributed by atoms with Crippen LogP contribution in [-0.4, -0.2) is 30.3 Å². The van der Waals surface area contributed by atoms with Crippen molar-refractivity contribution in [2.75, 3.05) is 30.4 Å². The van der Waals surface area contributed by atoms with E-state index >= 15 is 0 Å². The van der Waals surface area contributed by atoms with Crippen molar-refractivity contribution in [1.82, 2.24) is 10.1 Å². The number of hydrogen-bond donors (Lipinski definition) is 1. The molecule has 0 amide bonds. The molecule has 0 spiro atoms. The molecule has 1 N–H and O–H groups in total. The van der Waals surface area contributed by atoms with E-state index in [-0.39, 0.29) is 0 Å². The summed E-state index contributed by atoms with van der Waals surface area (Å²) in [5.74, 6) is 1.18. The Balaban J connectivity index is 2.34. The van der Waals surface area contributed by atoms with Gasteiger partial charge in [-0.25, -0.2) is 0 Å². The van der Waals surface area contributed by atoms with Crippen molar-refractivity contribution in [3.63, 3.8) is 0 Å². The van der Waals surface area contributed by atoms with Crippen LogP contribution in [0.1, 0.15) is 13.8 Å². The average Bonchev–Trinajstić information content (AvgIpc) is 2.89. The second-order valence-corrected chi connectivity index (χ2v) is 3.87. The van der Waals surface area contributed by atoms with Crippen molar-refractivity contribution < 1.29 is 4.52 Å². The van der Waals surface area contributed by atoms with E-state index < -0.39 is 0 Å². The van der Waals surface area contributed by atoms with E-state index in [9.17, 15) is 0 Å². The first kappa shape index (κ1) is 12.4. The van der Waals surface area contributed by atoms with Gasteiger partial charge in [0.15, 0.2) is 0 Å². The summed E-state index contributed by atoms with van der Waals surface area (Å²) >= 11 is 0. The summed E-state index contributed by atoms with van der Waals surface area (Å²) in [5, 5.41) is 7.14. The van der Waals surface area contributed by atoms with Crippen molar-refractivity contribution in [1.29, 1.82) is 0 Å². The highest BCUT2D eigenvalue weighted by molar-refractivity contribution is 5.72. The molecule has 0 bridgehead atoms. The molecule has 18 heavy (non-hydrogen) atoms. The largest absolute Gasteiger partial charge is 0.387 e. The number of nitrogens with zero attached hydrogens (tertiary/aromatic N) is 3. The van der Waals surface area contributed by atoms with Gasteiger partial charge in [0.1, 0.15) is 0 Å². The number of rotatable bonds is 5. The second-order valence-electron chi connectivity index (χ2n) is 3.87. The Hall–Kier alpha value is -2.04. The van der Waals surface area contributed by atoms with Gasteiger partial charge in [-0.1, -0.05) is 12.1 Å². The lowest BCUT2D eigenvalue weighted by molar-refractivity contribution is 0.429. The smallest absolute Gasteiger partial charge is 0.266 e. The number of hydrogen-bond acceptors (Lipinski definition) is 5. The van der Waals surface area contributed by atoms with Crippen molar-refractivity contribution in [3.8, 4) is 11.5 Å². The maximum absolute atomic E-state index is 5.34. The van der Waals surface area contributed by atoms with Gasteiger partial charge in [0.25, 0.3) is 11.8 Å². The molecule has 5 nitrogen and oxygen atoms in total. The van der Waals surface area contributed by atoms with Crippen LogP contribution in [-0.2, 0) is 0 Å². The summed E-state index contributed by atoms with van der Waals surface area (Å²) in [5.41, 5.74) is 1.90. The maximum atomic E-state index is 5.34. The minimum Gasteiger partial charge on any atom is -0.387 e. The first-order valence-corrected chi connectivity index (χ1v) is 6.16. The van der Waals surface area contributed by atoms with E-state index in [0.29, 0.717) is 11.8 Å². The molecule has 0 saturated carbocycles. The van der Waals surface area contributed by atoms with Crippen LogP contribution in [0.25, 0.3) is 11.5 Å². The Morgan fingerprint density at radius 2 is 1.94 bits per heavy atom. The predicted molar refractivity (Wildman–Crippen MR) is 72.8 cm³/mol. The molecule has 0 atom stereocenters. The van der Waals surface area contributed by atoms with Gasteiger partial charge in [0, 0.05) is 25.8 Å². The van der Waals surface area contributed by atoms with E-state index in [4.69, 9.17) is 4.52 Å². The third kappa shape index (κ3) is 2.30. The van der Waals surface area contributed by atoms with E-state index in [1.54, 1.807) is 0 Å². The molecule has 96 valence electrons. The molecule has 0 aliphatic carbocycles. The minimum absolute atomic E-state index is 0.543. The van der Waals surface area contributed by atoms with Crippen molar-refractivity contribution in [2.24, 2.45) is 0 Å². The van der Waals surface area contributed by atoms with E-state index in [1.165, 1.54) is 0 Å². The fraction of sp³-hybridized carbons (Fsp3) is 0.385. The molecule has 5 heteroatoms. The first-order valence-electron chi connectivity index (χ1n) is 6.16. The number of anilines is 2. The fourth-order valence-electron chi connectivity index (χ4n) is 1.85. The molecule has 1 aromatic carbocycles. The van der Waals surface area contributed by atoms with E-state index in [2.05, 4.69) is 34.2 Å². The van der Waals surface area contributed by atoms with Crippen molar-refractivity contribution >= 4 is 11.6 Å². The number of aromatic nitrogens is 2. The molecule has 0 aliphatic heterocycles. The molecule has 1 aromatic heterocycles. The minimum atomic E-state index is 0.543. The molecule has 2 aromatic rings. The van der Waals surface area contributed by atoms with Gasteiger partial charge >= 0.3 is 0 Å². The Labute approximate surface area is 107 Å². The molecule has 0 aliphatic rings. The summed E-state index contributed by atoms with van der Waals surface area (Å²) < 4.78 is 5.34. The summed E-state index contributed by atoms with van der Waals surface area (Å²) in [4.78, 5) is 6.49. The fourth-order valence-corrected chi connectivity index (χ4v) is 1.85. The first-order chi connectivity index (χ1) is 8.80. The van der Waals surface area contributed by atoms with Crippen molar-refractivity contribution in [2.45, 2.75) is 13.8 Å². The third-order valence-electron chi connectivity index (χ3n) is 2.89. The van der Waals surface area contributed by atoms with Crippen LogP contribution in [0, 0.1) is 0 Å². The molecule has 1 heterocycles. The number of nitrogens with one attached hydrogen (secondary N) is 1. The molecule has 2 rings (SSSR count). The number of benzene rings is 1.